The van der Waals surface area contributed by atoms with Gasteiger partial charge in [0, 0.05) is 18.9 Å². The molecule has 0 aromatic heterocycles. The lowest BCUT2D eigenvalue weighted by molar-refractivity contribution is -0.195. The van der Waals surface area contributed by atoms with E-state index in [4.69, 9.17) is 8.92 Å². The number of carbonyl (C=O) groups is 3. The van der Waals surface area contributed by atoms with Gasteiger partial charge in [0.2, 0.25) is 12.7 Å². The summed E-state index contributed by atoms with van der Waals surface area (Å²) in [5.41, 5.74) is -3.61. The quantitative estimate of drug-likeness (QED) is 0.145. The molecule has 168 valence electrons. The number of esters is 1. The average Bonchev–Trinajstić information content (AvgIpc) is 2.70. The van der Waals surface area contributed by atoms with Gasteiger partial charge in [-0.1, -0.05) is 44.2 Å². The predicted molar refractivity (Wildman–Crippen MR) is 105 cm³/mol. The van der Waals surface area contributed by atoms with Gasteiger partial charge in [-0.3, -0.25) is 13.8 Å². The SMILES string of the molecule is CC(=O)NCCCS(=O)(=O)OCC(C)(C)[C@@](O)(C(=O)OCOC=O)c1ccccc1. The van der Waals surface area contributed by atoms with Crippen LogP contribution >= 0.6 is 0 Å². The number of nitrogens with one attached hydrogen (secondary N) is 1. The van der Waals surface area contributed by atoms with Crippen LogP contribution in [0.2, 0.25) is 0 Å². The van der Waals surface area contributed by atoms with E-state index in [1.165, 1.54) is 32.9 Å². The summed E-state index contributed by atoms with van der Waals surface area (Å²) in [7, 11) is -3.99. The number of hydrogen-bond acceptors (Lipinski definition) is 9. The van der Waals surface area contributed by atoms with Crippen LogP contribution in [0.3, 0.4) is 0 Å². The summed E-state index contributed by atoms with van der Waals surface area (Å²) in [5, 5.41) is 13.8. The van der Waals surface area contributed by atoms with Gasteiger partial charge in [-0.15, -0.1) is 0 Å². The molecular weight excluding hydrogens is 418 g/mol. The van der Waals surface area contributed by atoms with Crippen molar-refractivity contribution in [1.29, 1.82) is 0 Å². The van der Waals surface area contributed by atoms with Crippen molar-refractivity contribution < 1.29 is 41.6 Å². The molecule has 0 saturated carbocycles. The summed E-state index contributed by atoms with van der Waals surface area (Å²) in [6.45, 7) is 3.19. The first kappa shape index (κ1) is 25.5. The van der Waals surface area contributed by atoms with Crippen LogP contribution in [-0.4, -0.2) is 57.6 Å². The molecule has 11 heteroatoms. The molecule has 0 fully saturated rings. The Morgan fingerprint density at radius 2 is 1.83 bits per heavy atom. The first-order valence-corrected chi connectivity index (χ1v) is 10.7. The fourth-order valence-corrected chi connectivity index (χ4v) is 3.69. The Labute approximate surface area is 175 Å². The van der Waals surface area contributed by atoms with Gasteiger partial charge in [0.1, 0.15) is 0 Å². The molecule has 10 nitrogen and oxygen atoms in total. The Morgan fingerprint density at radius 3 is 2.40 bits per heavy atom. The number of hydrogen-bond donors (Lipinski definition) is 2. The van der Waals surface area contributed by atoms with Gasteiger partial charge in [0.15, 0.2) is 5.60 Å². The van der Waals surface area contributed by atoms with Crippen LogP contribution in [-0.2, 0) is 43.8 Å². The molecule has 1 amide bonds. The fraction of sp³-hybridized carbons (Fsp3) is 0.526. The Balaban J connectivity index is 2.98. The highest BCUT2D eigenvalue weighted by atomic mass is 32.2. The van der Waals surface area contributed by atoms with E-state index in [0.717, 1.165) is 0 Å². The van der Waals surface area contributed by atoms with Gasteiger partial charge in [0.05, 0.1) is 12.4 Å². The fourth-order valence-electron chi connectivity index (χ4n) is 2.60. The molecule has 0 saturated heterocycles. The summed E-state index contributed by atoms with van der Waals surface area (Å²) in [5.74, 6) is -1.77. The number of ether oxygens (including phenoxy) is 2. The maximum absolute atomic E-state index is 12.7. The lowest BCUT2D eigenvalue weighted by Gasteiger charge is -2.40. The molecule has 1 aromatic carbocycles. The smallest absolute Gasteiger partial charge is 0.346 e. The van der Waals surface area contributed by atoms with E-state index in [-0.39, 0.29) is 36.7 Å². The molecule has 0 radical (unpaired) electrons. The summed E-state index contributed by atoms with van der Waals surface area (Å²) in [6, 6.07) is 7.81. The van der Waals surface area contributed by atoms with Gasteiger partial charge < -0.3 is 19.9 Å². The summed E-state index contributed by atoms with van der Waals surface area (Å²) >= 11 is 0. The predicted octanol–water partition coefficient (Wildman–Crippen LogP) is 0.447. The molecule has 0 aliphatic rings. The maximum Gasteiger partial charge on any atom is 0.346 e. The first-order chi connectivity index (χ1) is 14.0. The van der Waals surface area contributed by atoms with E-state index in [1.54, 1.807) is 18.2 Å². The molecule has 30 heavy (non-hydrogen) atoms. The second kappa shape index (κ2) is 11.0. The molecule has 1 rings (SSSR count). The molecule has 0 heterocycles. The van der Waals surface area contributed by atoms with E-state index in [1.807, 2.05) is 0 Å². The lowest BCUT2D eigenvalue weighted by Crippen LogP contribution is -2.52. The first-order valence-electron chi connectivity index (χ1n) is 9.08. The highest BCUT2D eigenvalue weighted by Crippen LogP contribution is 2.41. The minimum Gasteiger partial charge on any atom is -0.430 e. The molecule has 0 unspecified atom stereocenters. The standard InChI is InChI=1S/C19H27NO9S/c1-15(22)20-10-7-11-30(25,26)29-12-18(2,3)19(24,16-8-5-4-6-9-16)17(23)28-14-27-13-21/h4-6,8-9,13,24H,7,10-12,14H2,1-3H3,(H,20,22)/t19-/m0/s1. The van der Waals surface area contributed by atoms with Crippen LogP contribution in [0, 0.1) is 5.41 Å². The third kappa shape index (κ3) is 7.08. The topological polar surface area (TPSA) is 145 Å². The van der Waals surface area contributed by atoms with Crippen molar-refractivity contribution in [3.05, 3.63) is 35.9 Å². The molecule has 0 aliphatic heterocycles. The van der Waals surface area contributed by atoms with Gasteiger partial charge in [-0.2, -0.15) is 8.42 Å². The van der Waals surface area contributed by atoms with Crippen molar-refractivity contribution in [2.75, 3.05) is 25.7 Å². The molecule has 1 atom stereocenters. The molecule has 2 N–H and O–H groups in total. The molecule has 0 spiro atoms. The minimum atomic E-state index is -3.99. The van der Waals surface area contributed by atoms with Gasteiger partial charge in [-0.25, -0.2) is 4.79 Å². The van der Waals surface area contributed by atoms with E-state index < -0.39 is 40.5 Å². The Bertz CT molecular complexity index is 824. The Morgan fingerprint density at radius 1 is 1.20 bits per heavy atom. The van der Waals surface area contributed by atoms with Crippen LogP contribution in [0.5, 0.6) is 0 Å². The van der Waals surface area contributed by atoms with Crippen LogP contribution in [0.25, 0.3) is 0 Å². The van der Waals surface area contributed by atoms with E-state index in [0.29, 0.717) is 0 Å². The largest absolute Gasteiger partial charge is 0.430 e. The molecular formula is C19H27NO9S. The lowest BCUT2D eigenvalue weighted by atomic mass is 9.71. The number of rotatable bonds is 13. The van der Waals surface area contributed by atoms with Crippen molar-refractivity contribution in [2.24, 2.45) is 5.41 Å². The second-order valence-electron chi connectivity index (χ2n) is 7.13. The van der Waals surface area contributed by atoms with E-state index >= 15 is 0 Å². The van der Waals surface area contributed by atoms with Crippen molar-refractivity contribution in [2.45, 2.75) is 32.8 Å². The van der Waals surface area contributed by atoms with Gasteiger partial charge >= 0.3 is 5.97 Å². The minimum absolute atomic E-state index is 0.0800. The summed E-state index contributed by atoms with van der Waals surface area (Å²) in [4.78, 5) is 33.8. The highest BCUT2D eigenvalue weighted by Gasteiger charge is 2.53. The Hall–Kier alpha value is -2.50. The zero-order chi connectivity index (χ0) is 22.8. The molecule has 1 aromatic rings. The zero-order valence-corrected chi connectivity index (χ0v) is 17.9. The third-order valence-electron chi connectivity index (χ3n) is 4.34. The van der Waals surface area contributed by atoms with Crippen molar-refractivity contribution in [3.8, 4) is 0 Å². The monoisotopic (exact) mass is 445 g/mol. The maximum atomic E-state index is 12.7. The van der Waals surface area contributed by atoms with Crippen LogP contribution < -0.4 is 5.32 Å². The summed E-state index contributed by atoms with van der Waals surface area (Å²) in [6.07, 6.45) is 0.135. The number of benzene rings is 1. The Kier molecular flexibility index (Phi) is 9.40. The number of amides is 1. The van der Waals surface area contributed by atoms with Crippen LogP contribution in [0.15, 0.2) is 30.3 Å². The van der Waals surface area contributed by atoms with E-state index in [2.05, 4.69) is 10.1 Å². The van der Waals surface area contributed by atoms with Crippen molar-refractivity contribution in [3.63, 3.8) is 0 Å². The van der Waals surface area contributed by atoms with Crippen molar-refractivity contribution in [1.82, 2.24) is 5.32 Å². The van der Waals surface area contributed by atoms with Crippen LogP contribution in [0.1, 0.15) is 32.8 Å². The average molecular weight is 445 g/mol. The van der Waals surface area contributed by atoms with Gasteiger partial charge in [0.25, 0.3) is 16.6 Å². The number of carbonyl (C=O) groups excluding carboxylic acids is 3. The molecule has 0 bridgehead atoms. The number of aliphatic hydroxyl groups is 1. The van der Waals surface area contributed by atoms with Crippen molar-refractivity contribution >= 4 is 28.5 Å². The second-order valence-corrected chi connectivity index (χ2v) is 8.89. The molecule has 0 aliphatic carbocycles. The third-order valence-corrected chi connectivity index (χ3v) is 5.60. The van der Waals surface area contributed by atoms with E-state index in [9.17, 15) is 27.9 Å². The van der Waals surface area contributed by atoms with Gasteiger partial charge in [-0.05, 0) is 12.0 Å². The summed E-state index contributed by atoms with van der Waals surface area (Å²) < 4.78 is 38.6. The zero-order valence-electron chi connectivity index (χ0n) is 17.1. The normalized spacial score (nSPS) is 13.7. The van der Waals surface area contributed by atoms with Crippen LogP contribution in [0.4, 0.5) is 0 Å². The highest BCUT2D eigenvalue weighted by molar-refractivity contribution is 7.86.